The lowest BCUT2D eigenvalue weighted by molar-refractivity contribution is -0.121. The van der Waals surface area contributed by atoms with Crippen LogP contribution in [0.5, 0.6) is 0 Å². The summed E-state index contributed by atoms with van der Waals surface area (Å²) in [4.78, 5) is 34.5. The fourth-order valence-corrected chi connectivity index (χ4v) is 1.78. The fourth-order valence-electron chi connectivity index (χ4n) is 1.42. The predicted octanol–water partition coefficient (Wildman–Crippen LogP) is 0.001000. The van der Waals surface area contributed by atoms with Crippen molar-refractivity contribution in [2.24, 2.45) is 11.5 Å². The predicted molar refractivity (Wildman–Crippen MR) is 68.4 cm³/mol. The third kappa shape index (κ3) is 4.02. The SMILES string of the molecule is NC(=O)CN(CC(N)=O)C(=O)c1cccc(Br)c1F. The third-order valence-corrected chi connectivity index (χ3v) is 2.78. The van der Waals surface area contributed by atoms with Crippen LogP contribution >= 0.6 is 15.9 Å². The second-order valence-electron chi connectivity index (χ2n) is 3.70. The molecule has 0 heterocycles. The minimum absolute atomic E-state index is 0.0939. The lowest BCUT2D eigenvalue weighted by Gasteiger charge is -2.19. The molecule has 1 aromatic rings. The molecule has 0 aliphatic rings. The average molecular weight is 332 g/mol. The maximum atomic E-state index is 13.8. The number of nitrogens with zero attached hydrogens (tertiary/aromatic N) is 1. The van der Waals surface area contributed by atoms with Crippen molar-refractivity contribution in [3.05, 3.63) is 34.1 Å². The van der Waals surface area contributed by atoms with Crippen molar-refractivity contribution >= 4 is 33.7 Å². The van der Waals surface area contributed by atoms with Gasteiger partial charge >= 0.3 is 0 Å². The maximum Gasteiger partial charge on any atom is 0.257 e. The standard InChI is InChI=1S/C11H11BrFN3O3/c12-7-3-1-2-6(10(7)13)11(19)16(4-8(14)17)5-9(15)18/h1-3H,4-5H2,(H2,14,17)(H2,15,18). The molecule has 0 saturated carbocycles. The summed E-state index contributed by atoms with van der Waals surface area (Å²) in [6, 6.07) is 4.10. The van der Waals surface area contributed by atoms with Gasteiger partial charge in [0.1, 0.15) is 18.9 Å². The summed E-state index contributed by atoms with van der Waals surface area (Å²) in [5.74, 6) is -3.28. The van der Waals surface area contributed by atoms with E-state index in [4.69, 9.17) is 11.5 Å². The Kier molecular flexibility index (Phi) is 4.99. The molecule has 1 rings (SSSR count). The van der Waals surface area contributed by atoms with Crippen molar-refractivity contribution in [1.82, 2.24) is 4.90 Å². The topological polar surface area (TPSA) is 106 Å². The molecule has 19 heavy (non-hydrogen) atoms. The van der Waals surface area contributed by atoms with Gasteiger partial charge in [-0.3, -0.25) is 14.4 Å². The van der Waals surface area contributed by atoms with Crippen LogP contribution in [0.1, 0.15) is 10.4 Å². The number of benzene rings is 1. The number of nitrogens with two attached hydrogens (primary N) is 2. The van der Waals surface area contributed by atoms with E-state index < -0.39 is 36.6 Å². The maximum absolute atomic E-state index is 13.8. The Morgan fingerprint density at radius 3 is 2.16 bits per heavy atom. The summed E-state index contributed by atoms with van der Waals surface area (Å²) in [6.07, 6.45) is 0. The van der Waals surface area contributed by atoms with Crippen LogP contribution < -0.4 is 11.5 Å². The molecule has 0 aromatic heterocycles. The molecule has 0 atom stereocenters. The van der Waals surface area contributed by atoms with Gasteiger partial charge in [-0.25, -0.2) is 4.39 Å². The van der Waals surface area contributed by atoms with Gasteiger partial charge in [-0.05, 0) is 28.1 Å². The van der Waals surface area contributed by atoms with Gasteiger partial charge in [0.2, 0.25) is 11.8 Å². The Bertz CT molecular complexity index is 520. The molecule has 0 saturated heterocycles. The Morgan fingerprint density at radius 2 is 1.68 bits per heavy atom. The van der Waals surface area contributed by atoms with Crippen LogP contribution in [-0.4, -0.2) is 35.7 Å². The average Bonchev–Trinajstić information content (AvgIpc) is 2.30. The van der Waals surface area contributed by atoms with Crippen molar-refractivity contribution in [1.29, 1.82) is 0 Å². The highest BCUT2D eigenvalue weighted by Gasteiger charge is 2.23. The van der Waals surface area contributed by atoms with E-state index in [0.717, 1.165) is 4.90 Å². The van der Waals surface area contributed by atoms with E-state index in [9.17, 15) is 18.8 Å². The number of carbonyl (C=O) groups excluding carboxylic acids is 3. The van der Waals surface area contributed by atoms with E-state index in [1.165, 1.54) is 18.2 Å². The fraction of sp³-hybridized carbons (Fsp3) is 0.182. The zero-order valence-electron chi connectivity index (χ0n) is 9.73. The van der Waals surface area contributed by atoms with Crippen LogP contribution in [0, 0.1) is 5.82 Å². The zero-order chi connectivity index (χ0) is 14.6. The number of carbonyl (C=O) groups is 3. The first kappa shape index (κ1) is 15.1. The molecule has 102 valence electrons. The molecule has 8 heteroatoms. The quantitative estimate of drug-likeness (QED) is 0.792. The molecule has 1 aromatic carbocycles. The van der Waals surface area contributed by atoms with Crippen LogP contribution in [0.25, 0.3) is 0 Å². The van der Waals surface area contributed by atoms with E-state index in [-0.39, 0.29) is 10.0 Å². The number of amides is 3. The van der Waals surface area contributed by atoms with Gasteiger partial charge in [0.15, 0.2) is 0 Å². The van der Waals surface area contributed by atoms with Crippen LogP contribution in [0.2, 0.25) is 0 Å². The first-order chi connectivity index (χ1) is 8.82. The Morgan fingerprint density at radius 1 is 1.16 bits per heavy atom. The smallest absolute Gasteiger partial charge is 0.257 e. The highest BCUT2D eigenvalue weighted by molar-refractivity contribution is 9.10. The molecule has 0 aliphatic carbocycles. The molecule has 4 N–H and O–H groups in total. The minimum Gasteiger partial charge on any atom is -0.368 e. The largest absolute Gasteiger partial charge is 0.368 e. The molecular formula is C11H11BrFN3O3. The van der Waals surface area contributed by atoms with Gasteiger partial charge < -0.3 is 16.4 Å². The van der Waals surface area contributed by atoms with Crippen molar-refractivity contribution in [3.63, 3.8) is 0 Å². The Hall–Kier alpha value is -1.96. The number of halogens is 2. The highest BCUT2D eigenvalue weighted by atomic mass is 79.9. The van der Waals surface area contributed by atoms with Crippen molar-refractivity contribution in [2.45, 2.75) is 0 Å². The number of hydrogen-bond acceptors (Lipinski definition) is 3. The normalized spacial score (nSPS) is 10.0. The molecule has 0 bridgehead atoms. The molecule has 6 nitrogen and oxygen atoms in total. The molecule has 0 aliphatic heterocycles. The monoisotopic (exact) mass is 331 g/mol. The summed E-state index contributed by atoms with van der Waals surface area (Å²) in [5.41, 5.74) is 9.65. The minimum atomic E-state index is -0.837. The van der Waals surface area contributed by atoms with Crippen LogP contribution in [0.3, 0.4) is 0 Å². The van der Waals surface area contributed by atoms with Crippen molar-refractivity contribution in [3.8, 4) is 0 Å². The third-order valence-electron chi connectivity index (χ3n) is 2.16. The number of rotatable bonds is 5. The zero-order valence-corrected chi connectivity index (χ0v) is 11.3. The van der Waals surface area contributed by atoms with E-state index >= 15 is 0 Å². The summed E-state index contributed by atoms with van der Waals surface area (Å²) in [5, 5.41) is 0. The number of hydrogen-bond donors (Lipinski definition) is 2. The molecule has 3 amide bonds. The van der Waals surface area contributed by atoms with E-state index in [1.54, 1.807) is 0 Å². The lowest BCUT2D eigenvalue weighted by Crippen LogP contribution is -2.43. The van der Waals surface area contributed by atoms with Gasteiger partial charge in [0.05, 0.1) is 10.0 Å². The Labute approximate surface area is 116 Å². The Balaban J connectivity index is 3.07. The molecular weight excluding hydrogens is 321 g/mol. The second kappa shape index (κ2) is 6.28. The molecule has 0 unspecified atom stereocenters. The second-order valence-corrected chi connectivity index (χ2v) is 4.55. The summed E-state index contributed by atoms with van der Waals surface area (Å²) >= 11 is 2.94. The summed E-state index contributed by atoms with van der Waals surface area (Å²) in [6.45, 7) is -1.04. The van der Waals surface area contributed by atoms with E-state index in [2.05, 4.69) is 15.9 Å². The van der Waals surface area contributed by atoms with E-state index in [1.807, 2.05) is 0 Å². The lowest BCUT2D eigenvalue weighted by atomic mass is 10.2. The first-order valence-corrected chi connectivity index (χ1v) is 5.92. The van der Waals surface area contributed by atoms with Gasteiger partial charge in [-0.1, -0.05) is 6.07 Å². The van der Waals surface area contributed by atoms with Crippen molar-refractivity contribution in [2.75, 3.05) is 13.1 Å². The van der Waals surface area contributed by atoms with Gasteiger partial charge in [-0.2, -0.15) is 0 Å². The van der Waals surface area contributed by atoms with Crippen LogP contribution in [0.4, 0.5) is 4.39 Å². The van der Waals surface area contributed by atoms with Crippen molar-refractivity contribution < 1.29 is 18.8 Å². The van der Waals surface area contributed by atoms with Crippen LogP contribution in [0.15, 0.2) is 22.7 Å². The van der Waals surface area contributed by atoms with Gasteiger partial charge in [0, 0.05) is 0 Å². The van der Waals surface area contributed by atoms with Gasteiger partial charge in [-0.15, -0.1) is 0 Å². The molecule has 0 fully saturated rings. The van der Waals surface area contributed by atoms with Crippen LogP contribution in [-0.2, 0) is 9.59 Å². The number of primary amides is 2. The van der Waals surface area contributed by atoms with Gasteiger partial charge in [0.25, 0.3) is 5.91 Å². The molecule has 0 spiro atoms. The molecule has 0 radical (unpaired) electrons. The highest BCUT2D eigenvalue weighted by Crippen LogP contribution is 2.19. The summed E-state index contributed by atoms with van der Waals surface area (Å²) in [7, 11) is 0. The summed E-state index contributed by atoms with van der Waals surface area (Å²) < 4.78 is 13.9. The van der Waals surface area contributed by atoms with E-state index in [0.29, 0.717) is 0 Å². The first-order valence-electron chi connectivity index (χ1n) is 5.12.